The van der Waals surface area contributed by atoms with Crippen molar-refractivity contribution in [2.24, 2.45) is 0 Å². The Labute approximate surface area is 124 Å². The van der Waals surface area contributed by atoms with Crippen LogP contribution in [-0.2, 0) is 10.3 Å². The number of thiazole rings is 1. The van der Waals surface area contributed by atoms with E-state index in [-0.39, 0.29) is 11.4 Å². The minimum absolute atomic E-state index is 0.178. The van der Waals surface area contributed by atoms with Crippen LogP contribution >= 0.6 is 11.3 Å². The van der Waals surface area contributed by atoms with E-state index < -0.39 is 0 Å². The fraction of sp³-hybridized carbons (Fsp3) is 0.714. The third kappa shape index (κ3) is 4.01. The second kappa shape index (κ2) is 6.65. The molecule has 0 saturated carbocycles. The normalized spacial score (nSPS) is 16.4. The van der Waals surface area contributed by atoms with Gasteiger partial charge in [-0.25, -0.2) is 4.98 Å². The number of hydrogen-bond acceptors (Lipinski definition) is 5. The molecular formula is C14H24N4OS. The van der Waals surface area contributed by atoms with Crippen molar-refractivity contribution in [3.8, 4) is 0 Å². The highest BCUT2D eigenvalue weighted by molar-refractivity contribution is 7.09. The predicted octanol–water partition coefficient (Wildman–Crippen LogP) is 1.10. The average molecular weight is 296 g/mol. The van der Waals surface area contributed by atoms with Crippen LogP contribution in [0.15, 0.2) is 5.38 Å². The smallest absolute Gasteiger partial charge is 0.223 e. The molecule has 2 heterocycles. The molecule has 0 aliphatic carbocycles. The number of nitrogens with zero attached hydrogens (tertiary/aromatic N) is 2. The summed E-state index contributed by atoms with van der Waals surface area (Å²) in [5, 5.41) is 9.83. The van der Waals surface area contributed by atoms with Crippen molar-refractivity contribution in [1.29, 1.82) is 0 Å². The van der Waals surface area contributed by atoms with Crippen molar-refractivity contribution in [1.82, 2.24) is 20.5 Å². The Bertz CT molecular complexity index is 452. The first kappa shape index (κ1) is 15.4. The Kier molecular flexibility index (Phi) is 5.12. The van der Waals surface area contributed by atoms with Gasteiger partial charge in [-0.1, -0.05) is 0 Å². The van der Waals surface area contributed by atoms with Crippen LogP contribution in [0, 0.1) is 6.92 Å². The molecule has 1 aromatic heterocycles. The van der Waals surface area contributed by atoms with Gasteiger partial charge in [0.1, 0.15) is 5.01 Å². The van der Waals surface area contributed by atoms with Gasteiger partial charge in [0.25, 0.3) is 0 Å². The summed E-state index contributed by atoms with van der Waals surface area (Å²) in [6.45, 7) is 10.4. The second-order valence-electron chi connectivity index (χ2n) is 5.73. The van der Waals surface area contributed by atoms with Gasteiger partial charge in [-0.2, -0.15) is 0 Å². The maximum absolute atomic E-state index is 12.1. The minimum Gasteiger partial charge on any atom is -0.340 e. The third-order valence-electron chi connectivity index (χ3n) is 3.53. The largest absolute Gasteiger partial charge is 0.340 e. The first-order valence-electron chi connectivity index (χ1n) is 7.15. The second-order valence-corrected chi connectivity index (χ2v) is 6.58. The lowest BCUT2D eigenvalue weighted by atomic mass is 10.1. The van der Waals surface area contributed by atoms with Gasteiger partial charge in [0.05, 0.1) is 5.54 Å². The lowest BCUT2D eigenvalue weighted by molar-refractivity contribution is -0.131. The van der Waals surface area contributed by atoms with Gasteiger partial charge >= 0.3 is 0 Å². The summed E-state index contributed by atoms with van der Waals surface area (Å²) in [5.41, 5.74) is 0.875. The van der Waals surface area contributed by atoms with E-state index in [2.05, 4.69) is 34.8 Å². The number of carbonyl (C=O) groups excluding carboxylic acids is 1. The van der Waals surface area contributed by atoms with Crippen LogP contribution < -0.4 is 10.6 Å². The van der Waals surface area contributed by atoms with Gasteiger partial charge in [0, 0.05) is 50.2 Å². The SMILES string of the molecule is Cc1csc(C(C)(C)NCCC(=O)N2CCNCC2)n1. The molecule has 0 atom stereocenters. The van der Waals surface area contributed by atoms with Crippen molar-refractivity contribution in [2.45, 2.75) is 32.7 Å². The molecule has 0 bridgehead atoms. The Morgan fingerprint density at radius 2 is 2.20 bits per heavy atom. The molecule has 1 aliphatic rings. The molecular weight excluding hydrogens is 272 g/mol. The molecule has 0 radical (unpaired) electrons. The number of piperazine rings is 1. The quantitative estimate of drug-likeness (QED) is 0.854. The van der Waals surface area contributed by atoms with E-state index in [0.29, 0.717) is 13.0 Å². The molecule has 1 saturated heterocycles. The number of hydrogen-bond donors (Lipinski definition) is 2. The molecule has 0 spiro atoms. The first-order chi connectivity index (χ1) is 9.49. The van der Waals surface area contributed by atoms with Gasteiger partial charge in [-0.3, -0.25) is 4.79 Å². The van der Waals surface area contributed by atoms with E-state index in [4.69, 9.17) is 0 Å². The van der Waals surface area contributed by atoms with Crippen molar-refractivity contribution in [2.75, 3.05) is 32.7 Å². The molecule has 20 heavy (non-hydrogen) atoms. The van der Waals surface area contributed by atoms with Gasteiger partial charge in [-0.15, -0.1) is 11.3 Å². The monoisotopic (exact) mass is 296 g/mol. The summed E-state index contributed by atoms with van der Waals surface area (Å²) in [6, 6.07) is 0. The van der Waals surface area contributed by atoms with E-state index >= 15 is 0 Å². The molecule has 112 valence electrons. The zero-order valence-corrected chi connectivity index (χ0v) is 13.3. The zero-order chi connectivity index (χ0) is 14.6. The molecule has 2 N–H and O–H groups in total. The van der Waals surface area contributed by atoms with Gasteiger partial charge < -0.3 is 15.5 Å². The average Bonchev–Trinajstić information content (AvgIpc) is 2.87. The molecule has 1 amide bonds. The van der Waals surface area contributed by atoms with Crippen LogP contribution in [0.3, 0.4) is 0 Å². The summed E-state index contributed by atoms with van der Waals surface area (Å²) in [6.07, 6.45) is 0.549. The summed E-state index contributed by atoms with van der Waals surface area (Å²) < 4.78 is 0. The summed E-state index contributed by atoms with van der Waals surface area (Å²) in [4.78, 5) is 18.5. The highest BCUT2D eigenvalue weighted by atomic mass is 32.1. The molecule has 2 rings (SSSR count). The van der Waals surface area contributed by atoms with Crippen LogP contribution in [-0.4, -0.2) is 48.5 Å². The maximum Gasteiger partial charge on any atom is 0.223 e. The van der Waals surface area contributed by atoms with E-state index in [1.807, 2.05) is 11.8 Å². The Hall–Kier alpha value is -0.980. The van der Waals surface area contributed by atoms with Gasteiger partial charge in [0.2, 0.25) is 5.91 Å². The molecule has 1 aliphatic heterocycles. The number of aryl methyl sites for hydroxylation is 1. The molecule has 1 aromatic rings. The number of rotatable bonds is 5. The number of aromatic nitrogens is 1. The summed E-state index contributed by atoms with van der Waals surface area (Å²) in [5.74, 6) is 0.241. The van der Waals surface area contributed by atoms with Crippen molar-refractivity contribution in [3.63, 3.8) is 0 Å². The third-order valence-corrected chi connectivity index (χ3v) is 4.81. The standard InChI is InChI=1S/C14H24N4OS/c1-11-10-20-13(17-11)14(2,3)16-5-4-12(19)18-8-6-15-7-9-18/h10,15-16H,4-9H2,1-3H3. The lowest BCUT2D eigenvalue weighted by Gasteiger charge is -2.28. The topological polar surface area (TPSA) is 57.3 Å². The van der Waals surface area contributed by atoms with Crippen molar-refractivity contribution < 1.29 is 4.79 Å². The summed E-state index contributed by atoms with van der Waals surface area (Å²) in [7, 11) is 0. The molecule has 0 unspecified atom stereocenters. The Morgan fingerprint density at radius 3 is 2.80 bits per heavy atom. The lowest BCUT2D eigenvalue weighted by Crippen LogP contribution is -2.47. The highest BCUT2D eigenvalue weighted by Gasteiger charge is 2.24. The number of amides is 1. The fourth-order valence-electron chi connectivity index (χ4n) is 2.27. The van der Waals surface area contributed by atoms with Crippen molar-refractivity contribution in [3.05, 3.63) is 16.1 Å². The number of nitrogens with one attached hydrogen (secondary N) is 2. The number of carbonyl (C=O) groups is 1. The highest BCUT2D eigenvalue weighted by Crippen LogP contribution is 2.23. The van der Waals surface area contributed by atoms with E-state index in [9.17, 15) is 4.79 Å². The first-order valence-corrected chi connectivity index (χ1v) is 8.03. The van der Waals surface area contributed by atoms with Crippen molar-refractivity contribution >= 4 is 17.2 Å². The Balaban J connectivity index is 1.78. The van der Waals surface area contributed by atoms with Gasteiger partial charge in [0.15, 0.2) is 0 Å². The summed E-state index contributed by atoms with van der Waals surface area (Å²) >= 11 is 1.67. The van der Waals surface area contributed by atoms with E-state index in [1.165, 1.54) is 0 Å². The minimum atomic E-state index is -0.178. The molecule has 5 nitrogen and oxygen atoms in total. The van der Waals surface area contributed by atoms with E-state index in [0.717, 1.165) is 36.9 Å². The van der Waals surface area contributed by atoms with Crippen LogP contribution in [0.4, 0.5) is 0 Å². The molecule has 0 aromatic carbocycles. The predicted molar refractivity (Wildman–Crippen MR) is 81.9 cm³/mol. The zero-order valence-electron chi connectivity index (χ0n) is 12.5. The van der Waals surface area contributed by atoms with Crippen LogP contribution in [0.25, 0.3) is 0 Å². The van der Waals surface area contributed by atoms with Gasteiger partial charge in [-0.05, 0) is 20.8 Å². The molecule has 6 heteroatoms. The van der Waals surface area contributed by atoms with E-state index in [1.54, 1.807) is 11.3 Å². The van der Waals surface area contributed by atoms with Crippen LogP contribution in [0.5, 0.6) is 0 Å². The van der Waals surface area contributed by atoms with Crippen LogP contribution in [0.1, 0.15) is 31.0 Å². The maximum atomic E-state index is 12.1. The molecule has 1 fully saturated rings. The Morgan fingerprint density at radius 1 is 1.50 bits per heavy atom. The van der Waals surface area contributed by atoms with Crippen LogP contribution in [0.2, 0.25) is 0 Å². The fourth-order valence-corrected chi connectivity index (χ4v) is 3.17.